The van der Waals surface area contributed by atoms with Crippen LogP contribution >= 0.6 is 12.6 Å². The fourth-order valence-electron chi connectivity index (χ4n) is 1.53. The third kappa shape index (κ3) is 1.84. The first-order valence-corrected chi connectivity index (χ1v) is 5.70. The molecule has 5 nitrogen and oxygen atoms in total. The maximum absolute atomic E-state index is 4.35. The van der Waals surface area contributed by atoms with Crippen LogP contribution < -0.4 is 5.32 Å². The van der Waals surface area contributed by atoms with E-state index >= 15 is 0 Å². The number of rotatable bonds is 2. The van der Waals surface area contributed by atoms with Gasteiger partial charge in [0.2, 0.25) is 0 Å². The van der Waals surface area contributed by atoms with Gasteiger partial charge in [-0.2, -0.15) is 12.6 Å². The number of aromatic nitrogens is 4. The Balaban J connectivity index is 2.62. The van der Waals surface area contributed by atoms with Crippen molar-refractivity contribution in [1.82, 2.24) is 19.5 Å². The molecule has 6 heteroatoms. The van der Waals surface area contributed by atoms with Crippen LogP contribution in [0.1, 0.15) is 20.8 Å². The molecule has 2 aromatic rings. The molecular weight excluding hydrogens is 222 g/mol. The molecular formula is C10H15N5S. The van der Waals surface area contributed by atoms with Crippen LogP contribution in [-0.2, 0) is 5.54 Å². The van der Waals surface area contributed by atoms with Crippen LogP contribution in [0.15, 0.2) is 12.7 Å². The van der Waals surface area contributed by atoms with Crippen LogP contribution in [-0.4, -0.2) is 25.4 Å². The average molecular weight is 237 g/mol. The van der Waals surface area contributed by atoms with Crippen LogP contribution in [0, 0.1) is 0 Å². The van der Waals surface area contributed by atoms with Gasteiger partial charge in [0.1, 0.15) is 11.8 Å². The summed E-state index contributed by atoms with van der Waals surface area (Å²) in [7, 11) is 0. The summed E-state index contributed by atoms with van der Waals surface area (Å²) in [6.45, 7) is 6.34. The molecule has 1 N–H and O–H groups in total. The number of hydrogen-bond donors (Lipinski definition) is 2. The Bertz CT molecular complexity index is 499. The van der Waals surface area contributed by atoms with Crippen molar-refractivity contribution in [2.45, 2.75) is 26.3 Å². The van der Waals surface area contributed by atoms with Crippen molar-refractivity contribution in [2.75, 3.05) is 11.2 Å². The normalized spacial score (nSPS) is 12.0. The highest BCUT2D eigenvalue weighted by Gasteiger charge is 2.18. The van der Waals surface area contributed by atoms with Crippen molar-refractivity contribution in [3.05, 3.63) is 12.7 Å². The number of fused-ring (bicyclic) bond motifs is 1. The Labute approximate surface area is 99.7 Å². The topological polar surface area (TPSA) is 55.6 Å². The van der Waals surface area contributed by atoms with Gasteiger partial charge in [0.05, 0.1) is 12.2 Å². The summed E-state index contributed by atoms with van der Waals surface area (Å²) in [4.78, 5) is 12.8. The molecule has 2 heterocycles. The van der Waals surface area contributed by atoms with Crippen molar-refractivity contribution < 1.29 is 0 Å². The molecule has 0 saturated carbocycles. The molecule has 0 unspecified atom stereocenters. The number of anilines is 1. The van der Waals surface area contributed by atoms with Gasteiger partial charge >= 0.3 is 0 Å². The van der Waals surface area contributed by atoms with Gasteiger partial charge in [-0.05, 0) is 20.8 Å². The minimum absolute atomic E-state index is 0.0403. The van der Waals surface area contributed by atoms with E-state index < -0.39 is 0 Å². The molecule has 0 aliphatic heterocycles. The first kappa shape index (κ1) is 11.2. The highest BCUT2D eigenvalue weighted by atomic mass is 32.1. The van der Waals surface area contributed by atoms with Crippen molar-refractivity contribution in [1.29, 1.82) is 0 Å². The lowest BCUT2D eigenvalue weighted by Gasteiger charge is -2.20. The minimum Gasteiger partial charge on any atom is -0.359 e. The zero-order valence-corrected chi connectivity index (χ0v) is 10.5. The second-order valence-corrected chi connectivity index (χ2v) is 4.83. The lowest BCUT2D eigenvalue weighted by molar-refractivity contribution is 0.406. The van der Waals surface area contributed by atoms with Crippen LogP contribution in [0.25, 0.3) is 11.2 Å². The Morgan fingerprint density at radius 1 is 1.31 bits per heavy atom. The first-order chi connectivity index (χ1) is 7.54. The molecule has 0 aliphatic rings. The number of hydrogen-bond acceptors (Lipinski definition) is 5. The summed E-state index contributed by atoms with van der Waals surface area (Å²) in [6.07, 6.45) is 3.33. The fraction of sp³-hybridized carbons (Fsp3) is 0.500. The Morgan fingerprint density at radius 2 is 2.06 bits per heavy atom. The lowest BCUT2D eigenvalue weighted by atomic mass is 10.1. The Kier molecular flexibility index (Phi) is 2.75. The molecule has 2 rings (SSSR count). The number of thiol groups is 1. The van der Waals surface area contributed by atoms with E-state index in [9.17, 15) is 0 Å². The predicted molar refractivity (Wildman–Crippen MR) is 67.8 cm³/mol. The van der Waals surface area contributed by atoms with Crippen LogP contribution in [0.4, 0.5) is 5.82 Å². The quantitative estimate of drug-likeness (QED) is 0.618. The zero-order chi connectivity index (χ0) is 11.8. The van der Waals surface area contributed by atoms with Gasteiger partial charge in [0.15, 0.2) is 11.5 Å². The third-order valence-electron chi connectivity index (χ3n) is 2.30. The van der Waals surface area contributed by atoms with Crippen LogP contribution in [0.3, 0.4) is 0 Å². The van der Waals surface area contributed by atoms with Gasteiger partial charge in [-0.3, -0.25) is 0 Å². The van der Waals surface area contributed by atoms with Crippen molar-refractivity contribution in [3.8, 4) is 0 Å². The molecule has 0 spiro atoms. The maximum Gasteiger partial charge on any atom is 0.165 e. The molecule has 16 heavy (non-hydrogen) atoms. The smallest absolute Gasteiger partial charge is 0.165 e. The second kappa shape index (κ2) is 3.93. The molecule has 0 fully saturated rings. The van der Waals surface area contributed by atoms with Gasteiger partial charge in [-0.25, -0.2) is 15.0 Å². The molecule has 0 atom stereocenters. The summed E-state index contributed by atoms with van der Waals surface area (Å²) in [6, 6.07) is 0. The van der Waals surface area contributed by atoms with Crippen molar-refractivity contribution in [2.24, 2.45) is 0 Å². The van der Waals surface area contributed by atoms with Gasteiger partial charge < -0.3 is 9.88 Å². The molecule has 0 amide bonds. The standard InChI is InChI=1S/C10H15N5S/c1-10(2,3)15-5-13-7-8(14-6-16)11-4-12-9(7)15/h4-5,16H,6H2,1-3H3,(H,11,12,14). The van der Waals surface area contributed by atoms with Gasteiger partial charge in [-0.15, -0.1) is 0 Å². The molecule has 0 aromatic carbocycles. The van der Waals surface area contributed by atoms with E-state index in [0.717, 1.165) is 17.0 Å². The van der Waals surface area contributed by atoms with E-state index in [1.807, 2.05) is 4.57 Å². The largest absolute Gasteiger partial charge is 0.359 e. The SMILES string of the molecule is CC(C)(C)n1cnc2c(NCS)ncnc21. The Hall–Kier alpha value is -1.30. The average Bonchev–Trinajstić information content (AvgIpc) is 2.62. The van der Waals surface area contributed by atoms with E-state index in [2.05, 4.69) is 53.7 Å². The Morgan fingerprint density at radius 3 is 2.69 bits per heavy atom. The first-order valence-electron chi connectivity index (χ1n) is 5.07. The number of nitrogens with one attached hydrogen (secondary N) is 1. The van der Waals surface area contributed by atoms with Crippen molar-refractivity contribution in [3.63, 3.8) is 0 Å². The van der Waals surface area contributed by atoms with Gasteiger partial charge in [0.25, 0.3) is 0 Å². The van der Waals surface area contributed by atoms with Gasteiger partial charge in [0, 0.05) is 5.54 Å². The molecule has 0 radical (unpaired) electrons. The molecule has 0 bridgehead atoms. The predicted octanol–water partition coefficient (Wildman–Crippen LogP) is 1.88. The van der Waals surface area contributed by atoms with E-state index in [1.165, 1.54) is 6.33 Å². The summed E-state index contributed by atoms with van der Waals surface area (Å²) < 4.78 is 2.04. The van der Waals surface area contributed by atoms with E-state index in [1.54, 1.807) is 6.33 Å². The maximum atomic E-state index is 4.35. The minimum atomic E-state index is -0.0403. The molecule has 2 aromatic heterocycles. The number of nitrogens with zero attached hydrogens (tertiary/aromatic N) is 4. The summed E-state index contributed by atoms with van der Waals surface area (Å²) in [5, 5.41) is 3.05. The molecule has 86 valence electrons. The van der Waals surface area contributed by atoms with E-state index in [0.29, 0.717) is 5.88 Å². The summed E-state index contributed by atoms with van der Waals surface area (Å²) in [5.74, 6) is 1.25. The summed E-state index contributed by atoms with van der Waals surface area (Å²) >= 11 is 4.12. The van der Waals surface area contributed by atoms with Crippen LogP contribution in [0.2, 0.25) is 0 Å². The van der Waals surface area contributed by atoms with Gasteiger partial charge in [-0.1, -0.05) is 0 Å². The zero-order valence-electron chi connectivity index (χ0n) is 9.60. The monoisotopic (exact) mass is 237 g/mol. The number of imidazole rings is 1. The fourth-order valence-corrected chi connectivity index (χ4v) is 1.68. The lowest BCUT2D eigenvalue weighted by Crippen LogP contribution is -2.21. The highest BCUT2D eigenvalue weighted by Crippen LogP contribution is 2.23. The summed E-state index contributed by atoms with van der Waals surface area (Å²) in [5.41, 5.74) is 1.58. The van der Waals surface area contributed by atoms with Crippen LogP contribution in [0.5, 0.6) is 0 Å². The van der Waals surface area contributed by atoms with Crippen molar-refractivity contribution >= 4 is 29.6 Å². The second-order valence-electron chi connectivity index (χ2n) is 4.51. The van der Waals surface area contributed by atoms with E-state index in [-0.39, 0.29) is 5.54 Å². The third-order valence-corrected chi connectivity index (χ3v) is 2.46. The highest BCUT2D eigenvalue weighted by molar-refractivity contribution is 7.80. The van der Waals surface area contributed by atoms with E-state index in [4.69, 9.17) is 0 Å². The molecule has 0 aliphatic carbocycles. The molecule has 0 saturated heterocycles.